The van der Waals surface area contributed by atoms with Crippen molar-refractivity contribution in [1.82, 2.24) is 9.78 Å². The van der Waals surface area contributed by atoms with E-state index in [2.05, 4.69) is 43.5 Å². The summed E-state index contributed by atoms with van der Waals surface area (Å²) in [5.74, 6) is 0. The van der Waals surface area contributed by atoms with E-state index in [4.69, 9.17) is 5.73 Å². The number of nitrogens with zero attached hydrogens (tertiary/aromatic N) is 2. The molecule has 3 nitrogen and oxygen atoms in total. The summed E-state index contributed by atoms with van der Waals surface area (Å²) >= 11 is 0. The van der Waals surface area contributed by atoms with Crippen LogP contribution in [0.5, 0.6) is 0 Å². The molecule has 0 aliphatic carbocycles. The summed E-state index contributed by atoms with van der Waals surface area (Å²) in [6.45, 7) is 9.36. The molecule has 0 aliphatic heterocycles. The molecule has 1 aromatic rings. The minimum atomic E-state index is 0.159. The molecule has 0 saturated carbocycles. The predicted molar refractivity (Wildman–Crippen MR) is 59.2 cm³/mol. The third-order valence-corrected chi connectivity index (χ3v) is 2.45. The van der Waals surface area contributed by atoms with Gasteiger partial charge in [0.1, 0.15) is 0 Å². The van der Waals surface area contributed by atoms with Gasteiger partial charge >= 0.3 is 0 Å². The van der Waals surface area contributed by atoms with E-state index in [0.717, 1.165) is 6.42 Å². The highest BCUT2D eigenvalue weighted by molar-refractivity contribution is 5.04. The van der Waals surface area contributed by atoms with E-state index in [1.165, 1.54) is 5.69 Å². The summed E-state index contributed by atoms with van der Waals surface area (Å²) in [6.07, 6.45) is 2.85. The molecule has 0 bridgehead atoms. The molecule has 0 unspecified atom stereocenters. The van der Waals surface area contributed by atoms with Crippen LogP contribution in [-0.2, 0) is 6.42 Å². The van der Waals surface area contributed by atoms with E-state index in [1.807, 2.05) is 6.20 Å². The minimum Gasteiger partial charge on any atom is -0.330 e. The molecule has 2 N–H and O–H groups in total. The van der Waals surface area contributed by atoms with E-state index >= 15 is 0 Å². The first-order valence-electron chi connectivity index (χ1n) is 5.19. The van der Waals surface area contributed by atoms with Gasteiger partial charge in [0.15, 0.2) is 0 Å². The first-order valence-corrected chi connectivity index (χ1v) is 5.19. The Bertz CT molecular complexity index is 286. The van der Waals surface area contributed by atoms with Gasteiger partial charge < -0.3 is 5.73 Å². The lowest BCUT2D eigenvalue weighted by Crippen LogP contribution is -2.27. The highest BCUT2D eigenvalue weighted by atomic mass is 15.3. The molecule has 0 aromatic carbocycles. The number of nitrogens with two attached hydrogens (primary N) is 1. The van der Waals surface area contributed by atoms with Crippen molar-refractivity contribution in [1.29, 1.82) is 0 Å². The maximum absolute atomic E-state index is 5.72. The molecule has 0 fully saturated rings. The Morgan fingerprint density at radius 1 is 1.50 bits per heavy atom. The molecule has 0 aliphatic rings. The second-order valence-corrected chi connectivity index (χ2v) is 4.91. The zero-order valence-electron chi connectivity index (χ0n) is 9.62. The zero-order valence-corrected chi connectivity index (χ0v) is 9.62. The van der Waals surface area contributed by atoms with Crippen molar-refractivity contribution in [2.45, 2.75) is 40.2 Å². The van der Waals surface area contributed by atoms with Gasteiger partial charge in [-0.15, -0.1) is 0 Å². The fraction of sp³-hybridized carbons (Fsp3) is 0.727. The summed E-state index contributed by atoms with van der Waals surface area (Å²) in [5, 5.41) is 4.31. The molecule has 1 aromatic heterocycles. The number of hydrogen-bond donors (Lipinski definition) is 1. The molecule has 0 radical (unpaired) electrons. The van der Waals surface area contributed by atoms with Gasteiger partial charge in [-0.25, -0.2) is 0 Å². The van der Waals surface area contributed by atoms with E-state index < -0.39 is 0 Å². The smallest absolute Gasteiger partial charge is 0.0492 e. The van der Waals surface area contributed by atoms with Crippen LogP contribution in [-0.4, -0.2) is 16.3 Å². The van der Waals surface area contributed by atoms with Crippen LogP contribution in [0.2, 0.25) is 0 Å². The van der Waals surface area contributed by atoms with Crippen LogP contribution in [0.4, 0.5) is 0 Å². The van der Waals surface area contributed by atoms with Crippen molar-refractivity contribution in [2.24, 2.45) is 11.1 Å². The molecule has 0 spiro atoms. The fourth-order valence-electron chi connectivity index (χ4n) is 1.51. The van der Waals surface area contributed by atoms with Crippen molar-refractivity contribution < 1.29 is 0 Å². The lowest BCUT2D eigenvalue weighted by molar-refractivity contribution is 0.356. The molecule has 0 saturated heterocycles. The van der Waals surface area contributed by atoms with Crippen LogP contribution in [0, 0.1) is 5.41 Å². The van der Waals surface area contributed by atoms with E-state index in [-0.39, 0.29) is 5.41 Å². The molecule has 0 atom stereocenters. The SMILES string of the molecule is CC(C)n1nccc1CC(C)(C)CN. The lowest BCUT2D eigenvalue weighted by atomic mass is 9.88. The summed E-state index contributed by atoms with van der Waals surface area (Å²) in [5.41, 5.74) is 7.15. The van der Waals surface area contributed by atoms with Gasteiger partial charge in [-0.05, 0) is 38.3 Å². The molecule has 3 heteroatoms. The predicted octanol–water partition coefficient (Wildman–Crippen LogP) is 1.99. The van der Waals surface area contributed by atoms with Crippen molar-refractivity contribution in [3.63, 3.8) is 0 Å². The summed E-state index contributed by atoms with van der Waals surface area (Å²) in [7, 11) is 0. The topological polar surface area (TPSA) is 43.8 Å². The lowest BCUT2D eigenvalue weighted by Gasteiger charge is -2.23. The van der Waals surface area contributed by atoms with E-state index in [1.54, 1.807) is 0 Å². The van der Waals surface area contributed by atoms with Gasteiger partial charge in [-0.2, -0.15) is 5.10 Å². The first-order chi connectivity index (χ1) is 6.46. The van der Waals surface area contributed by atoms with Gasteiger partial charge in [0, 0.05) is 17.9 Å². The quantitative estimate of drug-likeness (QED) is 0.798. The maximum Gasteiger partial charge on any atom is 0.0492 e. The van der Waals surface area contributed by atoms with Crippen molar-refractivity contribution in [2.75, 3.05) is 6.54 Å². The Morgan fingerprint density at radius 2 is 2.14 bits per heavy atom. The Balaban J connectivity index is 2.81. The van der Waals surface area contributed by atoms with Crippen molar-refractivity contribution in [3.8, 4) is 0 Å². The second kappa shape index (κ2) is 4.13. The van der Waals surface area contributed by atoms with Crippen LogP contribution in [0.1, 0.15) is 39.4 Å². The summed E-state index contributed by atoms with van der Waals surface area (Å²) < 4.78 is 2.07. The van der Waals surface area contributed by atoms with Crippen LogP contribution < -0.4 is 5.73 Å². The molecule has 1 heterocycles. The van der Waals surface area contributed by atoms with Crippen LogP contribution in [0.3, 0.4) is 0 Å². The third-order valence-electron chi connectivity index (χ3n) is 2.45. The average molecular weight is 195 g/mol. The van der Waals surface area contributed by atoms with Crippen LogP contribution in [0.25, 0.3) is 0 Å². The molecule has 80 valence electrons. The number of rotatable bonds is 4. The molecular weight excluding hydrogens is 174 g/mol. The minimum absolute atomic E-state index is 0.159. The van der Waals surface area contributed by atoms with Crippen molar-refractivity contribution >= 4 is 0 Å². The second-order valence-electron chi connectivity index (χ2n) is 4.91. The van der Waals surface area contributed by atoms with Gasteiger partial charge in [0.05, 0.1) is 0 Å². The molecule has 0 amide bonds. The van der Waals surface area contributed by atoms with Crippen LogP contribution >= 0.6 is 0 Å². The highest BCUT2D eigenvalue weighted by Crippen LogP contribution is 2.21. The Kier molecular flexibility index (Phi) is 3.32. The highest BCUT2D eigenvalue weighted by Gasteiger charge is 2.19. The number of hydrogen-bond acceptors (Lipinski definition) is 2. The molecule has 14 heavy (non-hydrogen) atoms. The largest absolute Gasteiger partial charge is 0.330 e. The third kappa shape index (κ3) is 2.58. The Hall–Kier alpha value is -0.830. The first kappa shape index (κ1) is 11.2. The fourth-order valence-corrected chi connectivity index (χ4v) is 1.51. The standard InChI is InChI=1S/C11H21N3/c1-9(2)14-10(5-6-13-14)7-11(3,4)8-12/h5-6,9H,7-8,12H2,1-4H3. The molecular formula is C11H21N3. The van der Waals surface area contributed by atoms with Crippen LogP contribution in [0.15, 0.2) is 12.3 Å². The summed E-state index contributed by atoms with van der Waals surface area (Å²) in [6, 6.07) is 2.51. The van der Waals surface area contributed by atoms with Gasteiger partial charge in [0.25, 0.3) is 0 Å². The Morgan fingerprint density at radius 3 is 2.64 bits per heavy atom. The van der Waals surface area contributed by atoms with Gasteiger partial charge in [-0.3, -0.25) is 4.68 Å². The van der Waals surface area contributed by atoms with Gasteiger partial charge in [-0.1, -0.05) is 13.8 Å². The van der Waals surface area contributed by atoms with Gasteiger partial charge in [0.2, 0.25) is 0 Å². The van der Waals surface area contributed by atoms with E-state index in [9.17, 15) is 0 Å². The Labute approximate surface area is 86.3 Å². The molecule has 1 rings (SSSR count). The number of aromatic nitrogens is 2. The normalized spacial score (nSPS) is 12.4. The monoisotopic (exact) mass is 195 g/mol. The van der Waals surface area contributed by atoms with E-state index in [0.29, 0.717) is 12.6 Å². The zero-order chi connectivity index (χ0) is 10.8. The summed E-state index contributed by atoms with van der Waals surface area (Å²) in [4.78, 5) is 0. The average Bonchev–Trinajstić information content (AvgIpc) is 2.51. The van der Waals surface area contributed by atoms with Crippen molar-refractivity contribution in [3.05, 3.63) is 18.0 Å². The maximum atomic E-state index is 5.72.